The first-order valence-corrected chi connectivity index (χ1v) is 28.0. The monoisotopic (exact) mass is 1110 g/mol. The zero-order valence-corrected chi connectivity index (χ0v) is 48.4. The first kappa shape index (κ1) is 63.8. The van der Waals surface area contributed by atoms with E-state index in [1.54, 1.807) is 54.6 Å². The Hall–Kier alpha value is -6.68. The standard InChI is InChI=1S/C56H81N7O14S/c1-33(2)24-43-53(68)74-38(10)50(65)60(12)46(27-36(7)8)56(71)77-48(29-40-20-22-41(23-21-40)31-63-32-42(30-58-63)78(57,72)73)52(67)62(14)44(25-34(3)4)54(69)75-37(9)49(64)59(11)45(26-35(5)6)55(70)76-47(51(66)61(43)13)28-39-18-16-15-17-19-39/h15-23,30,32-38,43-48H,24-29,31H2,1-14H3,(H2,57,72,73)/t37-,38-,43+,44+,45+,46+,47-,48-/m1/s1. The van der Waals surface area contributed by atoms with Crippen LogP contribution in [-0.2, 0) is 86.7 Å². The fourth-order valence-electron chi connectivity index (χ4n) is 9.07. The number of benzene rings is 2. The zero-order valence-electron chi connectivity index (χ0n) is 47.6. The molecular formula is C56H81N7O14S. The van der Waals surface area contributed by atoms with Crippen molar-refractivity contribution in [2.75, 3.05) is 28.2 Å². The molecule has 1 aromatic heterocycles. The van der Waals surface area contributed by atoms with Crippen LogP contribution >= 0.6 is 0 Å². The van der Waals surface area contributed by atoms with E-state index in [1.165, 1.54) is 52.9 Å². The second-order valence-electron chi connectivity index (χ2n) is 22.0. The van der Waals surface area contributed by atoms with Gasteiger partial charge >= 0.3 is 23.9 Å². The van der Waals surface area contributed by atoms with Gasteiger partial charge in [0.15, 0.2) is 24.4 Å². The van der Waals surface area contributed by atoms with E-state index in [1.807, 2.05) is 55.4 Å². The van der Waals surface area contributed by atoms with E-state index in [2.05, 4.69) is 5.10 Å². The Balaban J connectivity index is 1.85. The number of esters is 4. The molecule has 2 heterocycles. The summed E-state index contributed by atoms with van der Waals surface area (Å²) in [7, 11) is 1.45. The number of rotatable bonds is 15. The number of hydrogen-bond donors (Lipinski definition) is 1. The van der Waals surface area contributed by atoms with Crippen molar-refractivity contribution in [3.63, 3.8) is 0 Å². The van der Waals surface area contributed by atoms with Gasteiger partial charge in [0.05, 0.1) is 12.7 Å². The lowest BCUT2D eigenvalue weighted by molar-refractivity contribution is -0.176. The van der Waals surface area contributed by atoms with E-state index in [-0.39, 0.29) is 73.6 Å². The highest BCUT2D eigenvalue weighted by Crippen LogP contribution is 2.24. The molecule has 78 heavy (non-hydrogen) atoms. The molecule has 0 bridgehead atoms. The van der Waals surface area contributed by atoms with Crippen molar-refractivity contribution in [3.05, 3.63) is 83.7 Å². The molecule has 0 radical (unpaired) electrons. The molecule has 1 saturated heterocycles. The Kier molecular flexibility index (Phi) is 23.1. The minimum atomic E-state index is -3.99. The van der Waals surface area contributed by atoms with Gasteiger partial charge in [-0.15, -0.1) is 0 Å². The second-order valence-corrected chi connectivity index (χ2v) is 23.6. The number of hydrogen-bond acceptors (Lipinski definition) is 15. The number of aromatic nitrogens is 2. The number of ether oxygens (including phenoxy) is 4. The molecule has 0 aliphatic carbocycles. The van der Waals surface area contributed by atoms with Gasteiger partial charge in [-0.25, -0.2) is 32.7 Å². The van der Waals surface area contributed by atoms with Crippen molar-refractivity contribution in [2.45, 2.75) is 168 Å². The van der Waals surface area contributed by atoms with Crippen LogP contribution in [0.5, 0.6) is 0 Å². The Morgan fingerprint density at radius 1 is 0.487 bits per heavy atom. The van der Waals surface area contributed by atoms with E-state index in [9.17, 15) is 46.8 Å². The number of primary sulfonamides is 1. The SMILES string of the molecule is CC(C)C[C@H]1C(=O)O[C@H](Cc2ccc(Cn3cc(S(N)(=O)=O)cn3)cc2)C(=O)N(C)[C@@H](CC(C)C)C(=O)O[C@H](C)C(=O)N(C)[C@@H](CC(C)C)C(=O)O[C@H](Cc2ccccc2)C(=O)N(C)[C@@H](CC(C)C)C(=O)O[C@H](C)C(=O)N1C. The third kappa shape index (κ3) is 17.9. The van der Waals surface area contributed by atoms with Gasteiger partial charge < -0.3 is 38.5 Å². The highest BCUT2D eigenvalue weighted by atomic mass is 32.2. The van der Waals surface area contributed by atoms with Crippen LogP contribution < -0.4 is 5.14 Å². The molecule has 21 nitrogen and oxygen atoms in total. The summed E-state index contributed by atoms with van der Waals surface area (Å²) >= 11 is 0. The van der Waals surface area contributed by atoms with Crippen molar-refractivity contribution in [1.29, 1.82) is 0 Å². The molecular weight excluding hydrogens is 1030 g/mol. The normalized spacial score (nSPS) is 23.7. The number of carbonyl (C=O) groups excluding carboxylic acids is 8. The molecule has 4 rings (SSSR count). The van der Waals surface area contributed by atoms with Crippen molar-refractivity contribution >= 4 is 57.5 Å². The maximum absolute atomic E-state index is 15.0. The smallest absolute Gasteiger partial charge is 0.329 e. The highest BCUT2D eigenvalue weighted by molar-refractivity contribution is 7.89. The zero-order chi connectivity index (χ0) is 58.5. The first-order chi connectivity index (χ1) is 36.4. The molecule has 0 unspecified atom stereocenters. The lowest BCUT2D eigenvalue weighted by atomic mass is 9.99. The van der Waals surface area contributed by atoms with Crippen LogP contribution in [0, 0.1) is 23.7 Å². The number of nitrogens with two attached hydrogens (primary N) is 1. The van der Waals surface area contributed by atoms with Crippen molar-refractivity contribution < 1.29 is 65.7 Å². The minimum absolute atomic E-state index is 0.0449. The van der Waals surface area contributed by atoms with Gasteiger partial charge in [-0.2, -0.15) is 5.10 Å². The largest absolute Gasteiger partial charge is 0.451 e. The highest BCUT2D eigenvalue weighted by Gasteiger charge is 2.43. The van der Waals surface area contributed by atoms with Crippen LogP contribution in [0.1, 0.15) is 112 Å². The maximum atomic E-state index is 15.0. The molecule has 1 aliphatic heterocycles. The lowest BCUT2D eigenvalue weighted by Crippen LogP contribution is -2.55. The summed E-state index contributed by atoms with van der Waals surface area (Å²) in [5.74, 6) is -7.73. The molecule has 0 spiro atoms. The number of cyclic esters (lactones) is 4. The van der Waals surface area contributed by atoms with Crippen LogP contribution in [0.4, 0.5) is 0 Å². The molecule has 1 fully saturated rings. The summed E-state index contributed by atoms with van der Waals surface area (Å²) in [6.45, 7) is 17.4. The summed E-state index contributed by atoms with van der Waals surface area (Å²) in [6.07, 6.45) is -3.79. The van der Waals surface area contributed by atoms with Gasteiger partial charge in [-0.3, -0.25) is 23.9 Å². The molecule has 0 saturated carbocycles. The van der Waals surface area contributed by atoms with Crippen LogP contribution in [0.2, 0.25) is 0 Å². The minimum Gasteiger partial charge on any atom is -0.451 e. The number of carbonyl (C=O) groups is 8. The van der Waals surface area contributed by atoms with E-state index < -0.39 is 106 Å². The number of sulfonamides is 1. The fourth-order valence-corrected chi connectivity index (χ4v) is 9.53. The number of nitrogens with zero attached hydrogens (tertiary/aromatic N) is 6. The lowest BCUT2D eigenvalue weighted by Gasteiger charge is -2.35. The predicted octanol–water partition coefficient (Wildman–Crippen LogP) is 4.56. The van der Waals surface area contributed by atoms with Gasteiger partial charge in [0.25, 0.3) is 23.6 Å². The Bertz CT molecular complexity index is 2660. The third-order valence-electron chi connectivity index (χ3n) is 13.5. The molecule has 430 valence electrons. The average Bonchev–Trinajstić information content (AvgIpc) is 3.85. The topological polar surface area (TPSA) is 264 Å². The molecule has 8 atom stereocenters. The number of likely N-dealkylation sites (N-methyl/N-ethyl adjacent to an activating group) is 4. The van der Waals surface area contributed by atoms with Crippen LogP contribution in [0.25, 0.3) is 0 Å². The molecule has 4 amide bonds. The summed E-state index contributed by atoms with van der Waals surface area (Å²) in [6, 6.07) is 10.3. The Morgan fingerprint density at radius 3 is 1.14 bits per heavy atom. The maximum Gasteiger partial charge on any atom is 0.329 e. The van der Waals surface area contributed by atoms with Crippen molar-refractivity contribution in [2.24, 2.45) is 28.8 Å². The summed E-state index contributed by atoms with van der Waals surface area (Å²) in [5, 5.41) is 9.34. The average molecular weight is 1110 g/mol. The van der Waals surface area contributed by atoms with E-state index in [4.69, 9.17) is 24.1 Å². The summed E-state index contributed by atoms with van der Waals surface area (Å²) in [5.41, 5.74) is 1.82. The van der Waals surface area contributed by atoms with Gasteiger partial charge in [0.2, 0.25) is 10.0 Å². The van der Waals surface area contributed by atoms with Gasteiger partial charge in [0.1, 0.15) is 29.1 Å². The second kappa shape index (κ2) is 28.3. The van der Waals surface area contributed by atoms with E-state index in [0.717, 1.165) is 25.8 Å². The first-order valence-electron chi connectivity index (χ1n) is 26.4. The fraction of sp³-hybridized carbons (Fsp3) is 0.589. The number of amides is 4. The Morgan fingerprint density at radius 2 is 0.808 bits per heavy atom. The van der Waals surface area contributed by atoms with Crippen molar-refractivity contribution in [3.8, 4) is 0 Å². The quantitative estimate of drug-likeness (QED) is 0.162. The Labute approximate surface area is 459 Å². The van der Waals surface area contributed by atoms with Crippen LogP contribution in [0.15, 0.2) is 71.9 Å². The van der Waals surface area contributed by atoms with Crippen LogP contribution in [-0.4, -0.2) is 162 Å². The molecule has 2 aromatic carbocycles. The van der Waals surface area contributed by atoms with Gasteiger partial charge in [-0.1, -0.05) is 110 Å². The van der Waals surface area contributed by atoms with Crippen molar-refractivity contribution in [1.82, 2.24) is 29.4 Å². The summed E-state index contributed by atoms with van der Waals surface area (Å²) < 4.78 is 49.0. The molecule has 22 heteroatoms. The third-order valence-corrected chi connectivity index (χ3v) is 14.3. The van der Waals surface area contributed by atoms with Gasteiger partial charge in [0, 0.05) is 47.2 Å². The molecule has 1 aliphatic rings. The molecule has 2 N–H and O–H groups in total. The van der Waals surface area contributed by atoms with Gasteiger partial charge in [-0.05, 0) is 79.9 Å². The van der Waals surface area contributed by atoms with E-state index in [0.29, 0.717) is 16.7 Å². The summed E-state index contributed by atoms with van der Waals surface area (Å²) in [4.78, 5) is 121. The van der Waals surface area contributed by atoms with E-state index >= 15 is 0 Å². The predicted molar refractivity (Wildman–Crippen MR) is 288 cm³/mol. The van der Waals surface area contributed by atoms with Crippen LogP contribution in [0.3, 0.4) is 0 Å². The molecule has 3 aromatic rings.